The van der Waals surface area contributed by atoms with E-state index in [1.807, 2.05) is 0 Å². The fourth-order valence-corrected chi connectivity index (χ4v) is 0.841. The van der Waals surface area contributed by atoms with E-state index >= 15 is 0 Å². The number of phosphoric acid groups is 1. The first-order valence-electron chi connectivity index (χ1n) is 2.29. The second kappa shape index (κ2) is 4.87. The molecular formula is C2H2F6LiO4P. The van der Waals surface area contributed by atoms with Gasteiger partial charge in [-0.3, -0.25) is 0 Å². The Morgan fingerprint density at radius 1 is 0.929 bits per heavy atom. The Morgan fingerprint density at radius 2 is 1.14 bits per heavy atom. The maximum absolute atomic E-state index is 11.1. The molecule has 0 fully saturated rings. The summed E-state index contributed by atoms with van der Waals surface area (Å²) in [5, 5.41) is 0. The molecule has 12 heteroatoms. The number of rotatable bonds is 2. The predicted molar refractivity (Wildman–Crippen MR) is 31.3 cm³/mol. The fourth-order valence-electron chi connectivity index (χ4n) is 0.280. The van der Waals surface area contributed by atoms with Gasteiger partial charge in [-0.25, -0.2) is 4.57 Å². The van der Waals surface area contributed by atoms with Crippen molar-refractivity contribution in [3.05, 3.63) is 0 Å². The van der Waals surface area contributed by atoms with Crippen LogP contribution >= 0.6 is 7.82 Å². The van der Waals surface area contributed by atoms with Crippen LogP contribution in [0.5, 0.6) is 0 Å². The second-order valence-electron chi connectivity index (χ2n) is 1.54. The van der Waals surface area contributed by atoms with Gasteiger partial charge in [0.1, 0.15) is 0 Å². The molecule has 1 N–H and O–H groups in total. The first-order chi connectivity index (χ1) is 5.41. The van der Waals surface area contributed by atoms with E-state index in [-0.39, 0.29) is 18.9 Å². The van der Waals surface area contributed by atoms with Crippen LogP contribution in [-0.4, -0.2) is 36.5 Å². The molecule has 0 rings (SSSR count). The molecule has 0 radical (unpaired) electrons. The average Bonchev–Trinajstić information content (AvgIpc) is 1.43. The SMILES string of the molecule is O=P(O)(OC(F)(F)F)OC(F)(F)F.[LiH]. The molecule has 4 nitrogen and oxygen atoms in total. The van der Waals surface area contributed by atoms with E-state index in [0.29, 0.717) is 0 Å². The van der Waals surface area contributed by atoms with E-state index in [2.05, 4.69) is 9.05 Å². The summed E-state index contributed by atoms with van der Waals surface area (Å²) >= 11 is 0. The molecule has 0 aliphatic carbocycles. The molecule has 0 aromatic carbocycles. The van der Waals surface area contributed by atoms with Gasteiger partial charge in [-0.05, 0) is 0 Å². The van der Waals surface area contributed by atoms with Crippen LogP contribution in [0.1, 0.15) is 0 Å². The van der Waals surface area contributed by atoms with E-state index in [0.717, 1.165) is 0 Å². The molecule has 0 aliphatic heterocycles. The summed E-state index contributed by atoms with van der Waals surface area (Å²) in [5.41, 5.74) is 0. The number of hydrogen-bond acceptors (Lipinski definition) is 3. The molecule has 0 heterocycles. The van der Waals surface area contributed by atoms with Crippen molar-refractivity contribution in [2.75, 3.05) is 0 Å². The third-order valence-electron chi connectivity index (χ3n) is 0.438. The Hall–Kier alpha value is 0.287. The molecule has 0 aromatic rings. The van der Waals surface area contributed by atoms with Gasteiger partial charge in [-0.1, -0.05) is 0 Å². The zero-order valence-corrected chi connectivity index (χ0v) is 6.28. The van der Waals surface area contributed by atoms with Crippen molar-refractivity contribution in [3.8, 4) is 0 Å². The number of phosphoric ester groups is 1. The van der Waals surface area contributed by atoms with Gasteiger partial charge in [0.25, 0.3) is 0 Å². The van der Waals surface area contributed by atoms with E-state index in [1.54, 1.807) is 0 Å². The van der Waals surface area contributed by atoms with Crippen molar-refractivity contribution in [3.63, 3.8) is 0 Å². The van der Waals surface area contributed by atoms with Crippen molar-refractivity contribution in [2.24, 2.45) is 0 Å². The summed E-state index contributed by atoms with van der Waals surface area (Å²) in [7, 11) is -6.19. The third kappa shape index (κ3) is 10.4. The monoisotopic (exact) mass is 242 g/mol. The Kier molecular flexibility index (Phi) is 5.82. The van der Waals surface area contributed by atoms with Gasteiger partial charge >= 0.3 is 39.4 Å². The summed E-state index contributed by atoms with van der Waals surface area (Å²) in [6, 6.07) is 0. The van der Waals surface area contributed by atoms with Gasteiger partial charge in [-0.15, -0.1) is 26.3 Å². The summed E-state index contributed by atoms with van der Waals surface area (Å²) in [6.45, 7) is 0. The van der Waals surface area contributed by atoms with E-state index in [9.17, 15) is 30.9 Å². The van der Waals surface area contributed by atoms with Crippen LogP contribution in [-0.2, 0) is 13.6 Å². The van der Waals surface area contributed by atoms with Gasteiger partial charge in [0.05, 0.1) is 0 Å². The van der Waals surface area contributed by atoms with Crippen LogP contribution in [0.2, 0.25) is 0 Å². The summed E-state index contributed by atoms with van der Waals surface area (Å²) in [4.78, 5) is 7.86. The van der Waals surface area contributed by atoms with Gasteiger partial charge in [-0.2, -0.15) is 9.05 Å². The predicted octanol–water partition coefficient (Wildman–Crippen LogP) is 1.51. The topological polar surface area (TPSA) is 55.8 Å². The van der Waals surface area contributed by atoms with Gasteiger partial charge in [0, 0.05) is 0 Å². The maximum atomic E-state index is 11.1. The van der Waals surface area contributed by atoms with Gasteiger partial charge < -0.3 is 4.89 Å². The zero-order chi connectivity index (χ0) is 10.9. The first kappa shape index (κ1) is 16.7. The molecule has 0 aromatic heterocycles. The zero-order valence-electron chi connectivity index (χ0n) is 5.39. The second-order valence-corrected chi connectivity index (χ2v) is 2.84. The molecule has 0 bridgehead atoms. The first-order valence-corrected chi connectivity index (χ1v) is 3.79. The molecule has 82 valence electrons. The molecule has 0 saturated carbocycles. The minimum absolute atomic E-state index is 0. The number of halogens is 6. The van der Waals surface area contributed by atoms with Crippen LogP contribution in [0.25, 0.3) is 0 Å². The van der Waals surface area contributed by atoms with Gasteiger partial charge in [0.2, 0.25) is 0 Å². The Balaban J connectivity index is 0. The van der Waals surface area contributed by atoms with Crippen LogP contribution in [0.3, 0.4) is 0 Å². The molecular weight excluding hydrogens is 240 g/mol. The Morgan fingerprint density at radius 3 is 1.29 bits per heavy atom. The van der Waals surface area contributed by atoms with E-state index in [1.165, 1.54) is 0 Å². The Labute approximate surface area is 85.0 Å². The molecule has 0 amide bonds. The van der Waals surface area contributed by atoms with Crippen LogP contribution < -0.4 is 0 Å². The van der Waals surface area contributed by atoms with Crippen molar-refractivity contribution >= 4 is 26.7 Å². The molecule has 0 unspecified atom stereocenters. The van der Waals surface area contributed by atoms with E-state index in [4.69, 9.17) is 4.89 Å². The molecule has 0 saturated heterocycles. The summed E-state index contributed by atoms with van der Waals surface area (Å²) in [6.07, 6.45) is -11.4. The molecule has 0 atom stereocenters. The van der Waals surface area contributed by atoms with Crippen molar-refractivity contribution < 1.29 is 44.8 Å². The molecule has 0 aliphatic rings. The van der Waals surface area contributed by atoms with E-state index < -0.39 is 20.5 Å². The Bertz CT molecular complexity index is 203. The van der Waals surface area contributed by atoms with Crippen LogP contribution in [0.4, 0.5) is 26.3 Å². The fraction of sp³-hybridized carbons (Fsp3) is 1.00. The average molecular weight is 242 g/mol. The summed E-state index contributed by atoms with van der Waals surface area (Å²) < 4.78 is 81.0. The van der Waals surface area contributed by atoms with Crippen LogP contribution in [0, 0.1) is 0 Å². The normalized spacial score (nSPS) is 13.6. The number of alkyl halides is 6. The summed E-state index contributed by atoms with van der Waals surface area (Å²) in [5.74, 6) is 0. The van der Waals surface area contributed by atoms with Crippen molar-refractivity contribution in [1.29, 1.82) is 0 Å². The van der Waals surface area contributed by atoms with Crippen molar-refractivity contribution in [2.45, 2.75) is 12.7 Å². The standard InChI is InChI=1S/C2HF6O4P.Li.H/c3-1(4,5)11-13(9,10)12-2(6,7)8;;/h(H,9,10);;. The quantitative estimate of drug-likeness (QED) is 0.453. The van der Waals surface area contributed by atoms with Crippen molar-refractivity contribution in [1.82, 2.24) is 0 Å². The van der Waals surface area contributed by atoms with Gasteiger partial charge in [0.15, 0.2) is 0 Å². The van der Waals surface area contributed by atoms with Crippen LogP contribution in [0.15, 0.2) is 0 Å². The third-order valence-corrected chi connectivity index (χ3v) is 1.31. The minimum atomic E-state index is -6.19. The molecule has 0 spiro atoms. The number of hydrogen-bond donors (Lipinski definition) is 1. The molecule has 14 heavy (non-hydrogen) atoms.